The molecule has 0 unspecified atom stereocenters. The summed E-state index contributed by atoms with van der Waals surface area (Å²) in [6, 6.07) is 3.39. The largest absolute Gasteiger partial charge is 0.314 e. The Morgan fingerprint density at radius 3 is 1.45 bits per heavy atom. The van der Waals surface area contributed by atoms with Crippen molar-refractivity contribution in [2.45, 2.75) is 25.9 Å². The Kier molecular flexibility index (Phi) is 9.41. The average molecular weight is 555 g/mol. The van der Waals surface area contributed by atoms with Gasteiger partial charge < -0.3 is 10.9 Å². The van der Waals surface area contributed by atoms with Crippen LogP contribution in [0.4, 0.5) is 23.3 Å². The lowest BCUT2D eigenvalue weighted by atomic mass is 10.3. The molecule has 40 heavy (non-hydrogen) atoms. The van der Waals surface area contributed by atoms with Crippen LogP contribution in [-0.2, 0) is 27.2 Å². The summed E-state index contributed by atoms with van der Waals surface area (Å²) in [4.78, 5) is 41.4. The van der Waals surface area contributed by atoms with E-state index in [-0.39, 0.29) is 24.5 Å². The molecule has 0 radical (unpaired) electrons. The first kappa shape index (κ1) is 28.2. The molecule has 0 saturated heterocycles. The first-order valence-corrected chi connectivity index (χ1v) is 12.4. The van der Waals surface area contributed by atoms with Gasteiger partial charge in [-0.2, -0.15) is 0 Å². The Morgan fingerprint density at radius 2 is 1.07 bits per heavy atom. The van der Waals surface area contributed by atoms with Crippen LogP contribution < -0.4 is 54.5 Å². The highest BCUT2D eigenvalue weighted by Crippen LogP contribution is 2.06. The van der Waals surface area contributed by atoms with Crippen LogP contribution >= 0.6 is 0 Å². The number of anilines is 4. The number of aromatic nitrogens is 8. The summed E-state index contributed by atoms with van der Waals surface area (Å²) < 4.78 is 6.72. The minimum absolute atomic E-state index is 0.173. The lowest BCUT2D eigenvalue weighted by molar-refractivity contribution is 0.428. The quantitative estimate of drug-likeness (QED) is 0.0417. The molecule has 18 nitrogen and oxygen atoms in total. The second-order valence-electron chi connectivity index (χ2n) is 8.73. The van der Waals surface area contributed by atoms with Crippen LogP contribution in [0.5, 0.6) is 0 Å². The summed E-state index contributed by atoms with van der Waals surface area (Å²) >= 11 is 0. The molecule has 0 atom stereocenters. The fourth-order valence-electron chi connectivity index (χ4n) is 3.77. The topological polar surface area (TPSA) is 212 Å². The molecule has 0 aliphatic rings. The highest BCUT2D eigenvalue weighted by Gasteiger charge is 2.11. The van der Waals surface area contributed by atoms with Gasteiger partial charge >= 0.3 is 0 Å². The summed E-state index contributed by atoms with van der Waals surface area (Å²) in [5, 5.41) is 2.62. The van der Waals surface area contributed by atoms with E-state index in [1.165, 1.54) is 19.4 Å². The molecular formula is C22H34N16O2. The number of hydrazine groups is 4. The molecule has 0 bridgehead atoms. The molecule has 0 saturated carbocycles. The van der Waals surface area contributed by atoms with Crippen LogP contribution in [0.15, 0.2) is 58.9 Å². The standard InChI is InChI=1S/C22H34N16O2/c1-33-19(39)17(31-29-15-37(23)21-25-7-5-8-26-21)13-35(33)11-3-4-12-36-14-18(20(40)34(36)2)32-30-16-38(24)22-27-9-6-10-28-22/h5-10,13-14,29-32H,3-4,11-12,15-16,23-24H2,1-2H3. The molecule has 4 heterocycles. The van der Waals surface area contributed by atoms with Gasteiger partial charge in [0.25, 0.3) is 11.1 Å². The van der Waals surface area contributed by atoms with Crippen molar-refractivity contribution < 1.29 is 0 Å². The Labute approximate surface area is 229 Å². The van der Waals surface area contributed by atoms with Crippen LogP contribution in [-0.4, -0.2) is 52.0 Å². The first-order chi connectivity index (χ1) is 19.3. The normalized spacial score (nSPS) is 11.0. The maximum absolute atomic E-state index is 12.6. The molecule has 4 rings (SSSR count). The zero-order chi connectivity index (χ0) is 28.5. The second-order valence-corrected chi connectivity index (χ2v) is 8.73. The fraction of sp³-hybridized carbons (Fsp3) is 0.364. The lowest BCUT2D eigenvalue weighted by Gasteiger charge is -2.16. The average Bonchev–Trinajstić information content (AvgIpc) is 3.41. The Balaban J connectivity index is 1.22. The first-order valence-electron chi connectivity index (χ1n) is 12.4. The minimum atomic E-state index is -0.182. The highest BCUT2D eigenvalue weighted by atomic mass is 16.1. The van der Waals surface area contributed by atoms with Crippen molar-refractivity contribution in [2.24, 2.45) is 25.8 Å². The summed E-state index contributed by atoms with van der Waals surface area (Å²) in [6.07, 6.45) is 11.4. The third-order valence-electron chi connectivity index (χ3n) is 5.96. The van der Waals surface area contributed by atoms with Gasteiger partial charge in [0.05, 0.1) is 12.4 Å². The number of hydrogen-bond donors (Lipinski definition) is 6. The predicted octanol–water partition coefficient (Wildman–Crippen LogP) is -1.74. The van der Waals surface area contributed by atoms with E-state index in [2.05, 4.69) is 41.6 Å². The third kappa shape index (κ3) is 6.99. The summed E-state index contributed by atoms with van der Waals surface area (Å²) in [6.45, 7) is 1.58. The van der Waals surface area contributed by atoms with Gasteiger partial charge in [-0.05, 0) is 25.0 Å². The SMILES string of the molecule is Cn1c(=O)c(NNCN(N)c2ncccn2)cn1CCCCn1cc(NNCN(N)c2ncccn2)c(=O)n1C. The Hall–Kier alpha value is -4.78. The van der Waals surface area contributed by atoms with Crippen LogP contribution in [0.3, 0.4) is 0 Å². The summed E-state index contributed by atoms with van der Waals surface area (Å²) in [5.74, 6) is 12.5. The molecule has 18 heteroatoms. The van der Waals surface area contributed by atoms with E-state index in [4.69, 9.17) is 11.7 Å². The number of hydrogen-bond acceptors (Lipinski definition) is 14. The van der Waals surface area contributed by atoms with Crippen LogP contribution in [0, 0.1) is 0 Å². The Bertz CT molecular complexity index is 1350. The number of nitrogens with zero attached hydrogens (tertiary/aromatic N) is 10. The van der Waals surface area contributed by atoms with Crippen molar-refractivity contribution in [3.05, 3.63) is 70.0 Å². The molecular weight excluding hydrogens is 520 g/mol. The van der Waals surface area contributed by atoms with Gasteiger partial charge in [-0.25, -0.2) is 42.5 Å². The van der Waals surface area contributed by atoms with Crippen LogP contribution in [0.25, 0.3) is 0 Å². The highest BCUT2D eigenvalue weighted by molar-refractivity contribution is 5.38. The molecule has 4 aromatic rings. The summed E-state index contributed by atoms with van der Waals surface area (Å²) in [7, 11) is 3.40. The van der Waals surface area contributed by atoms with E-state index < -0.39 is 0 Å². The van der Waals surface area contributed by atoms with Crippen molar-refractivity contribution in [3.63, 3.8) is 0 Å². The van der Waals surface area contributed by atoms with Crippen LogP contribution in [0.1, 0.15) is 12.8 Å². The molecule has 0 spiro atoms. The smallest absolute Gasteiger partial charge is 0.291 e. The van der Waals surface area contributed by atoms with Gasteiger partial charge in [0, 0.05) is 52.0 Å². The molecule has 0 aliphatic carbocycles. The number of unbranched alkanes of at least 4 members (excludes halogenated alkanes) is 1. The van der Waals surface area contributed by atoms with Crippen molar-refractivity contribution in [1.29, 1.82) is 0 Å². The van der Waals surface area contributed by atoms with Gasteiger partial charge in [0.15, 0.2) is 0 Å². The van der Waals surface area contributed by atoms with Crippen molar-refractivity contribution in [1.82, 2.24) is 49.5 Å². The van der Waals surface area contributed by atoms with E-state index in [1.807, 2.05) is 9.36 Å². The lowest BCUT2D eigenvalue weighted by Crippen LogP contribution is -2.43. The molecule has 0 aromatic carbocycles. The van der Waals surface area contributed by atoms with Crippen LogP contribution in [0.2, 0.25) is 0 Å². The molecule has 0 amide bonds. The van der Waals surface area contributed by atoms with E-state index in [1.54, 1.807) is 63.4 Å². The number of rotatable bonds is 15. The van der Waals surface area contributed by atoms with Gasteiger partial charge in [-0.3, -0.25) is 38.3 Å². The fourth-order valence-corrected chi connectivity index (χ4v) is 3.77. The zero-order valence-corrected chi connectivity index (χ0v) is 22.3. The number of aryl methyl sites for hydroxylation is 2. The molecule has 0 fully saturated rings. The number of nitrogens with one attached hydrogen (secondary N) is 4. The van der Waals surface area contributed by atoms with Crippen molar-refractivity contribution in [3.8, 4) is 0 Å². The molecule has 4 aromatic heterocycles. The molecule has 0 aliphatic heterocycles. The van der Waals surface area contributed by atoms with Gasteiger partial charge in [-0.1, -0.05) is 0 Å². The number of nitrogens with two attached hydrogens (primary N) is 2. The van der Waals surface area contributed by atoms with E-state index in [0.717, 1.165) is 12.8 Å². The molecule has 8 N–H and O–H groups in total. The maximum Gasteiger partial charge on any atom is 0.291 e. The third-order valence-corrected chi connectivity index (χ3v) is 5.96. The Morgan fingerprint density at radius 1 is 0.700 bits per heavy atom. The van der Waals surface area contributed by atoms with Crippen molar-refractivity contribution in [2.75, 3.05) is 34.2 Å². The zero-order valence-electron chi connectivity index (χ0n) is 22.3. The van der Waals surface area contributed by atoms with Gasteiger partial charge in [0.2, 0.25) is 11.9 Å². The summed E-state index contributed by atoms with van der Waals surface area (Å²) in [5.41, 5.74) is 12.0. The van der Waals surface area contributed by atoms with E-state index in [9.17, 15) is 9.59 Å². The van der Waals surface area contributed by atoms with E-state index >= 15 is 0 Å². The van der Waals surface area contributed by atoms with Gasteiger partial charge in [0.1, 0.15) is 24.7 Å². The maximum atomic E-state index is 12.6. The van der Waals surface area contributed by atoms with Gasteiger partial charge in [-0.15, -0.1) is 0 Å². The second kappa shape index (κ2) is 13.3. The monoisotopic (exact) mass is 554 g/mol. The predicted molar refractivity (Wildman–Crippen MR) is 149 cm³/mol. The molecule has 214 valence electrons. The van der Waals surface area contributed by atoms with E-state index in [0.29, 0.717) is 36.4 Å². The minimum Gasteiger partial charge on any atom is -0.314 e. The van der Waals surface area contributed by atoms with Crippen molar-refractivity contribution >= 4 is 23.3 Å².